The largest absolute Gasteiger partial charge is 0.377 e. The van der Waals surface area contributed by atoms with Crippen molar-refractivity contribution in [3.8, 4) is 17.3 Å². The standard InChI is InChI=1S/C29H32FN7O2S2/c1-3-22-27(36(4-2)29-34-26(23(13-31)40-29)19-5-7-20(30)8-6-19)37-14-24(41-28(37)33-22)18-9-11-35(12-10-18)15-25(38)32-21-16-39-17-21/h5-8,14,18,21H,3-4,9-12,15-17H2,1-2H3,(H,32,38). The van der Waals surface area contributed by atoms with Crippen LogP contribution in [0.3, 0.4) is 0 Å². The predicted octanol–water partition coefficient (Wildman–Crippen LogP) is 4.94. The van der Waals surface area contributed by atoms with Gasteiger partial charge in [0.25, 0.3) is 0 Å². The fourth-order valence-electron chi connectivity index (χ4n) is 5.46. The second kappa shape index (κ2) is 11.9. The van der Waals surface area contributed by atoms with Crippen LogP contribution in [-0.2, 0) is 16.0 Å². The Morgan fingerprint density at radius 2 is 1.95 bits per heavy atom. The molecule has 9 nitrogen and oxygen atoms in total. The second-order valence-corrected chi connectivity index (χ2v) is 12.4. The number of carbonyl (C=O) groups excluding carboxylic acids is 1. The van der Waals surface area contributed by atoms with Crippen molar-refractivity contribution in [2.75, 3.05) is 44.3 Å². The average Bonchev–Trinajstić information content (AvgIpc) is 3.66. The molecule has 2 aliphatic rings. The highest BCUT2D eigenvalue weighted by Crippen LogP contribution is 2.40. The predicted molar refractivity (Wildman–Crippen MR) is 159 cm³/mol. The Balaban J connectivity index is 1.23. The van der Waals surface area contributed by atoms with Gasteiger partial charge in [0.2, 0.25) is 5.91 Å². The normalized spacial score (nSPS) is 16.5. The zero-order valence-corrected chi connectivity index (χ0v) is 24.7. The highest BCUT2D eigenvalue weighted by atomic mass is 32.1. The number of nitrogens with one attached hydrogen (secondary N) is 1. The van der Waals surface area contributed by atoms with Gasteiger partial charge < -0.3 is 15.0 Å². The Labute approximate surface area is 246 Å². The molecule has 1 amide bonds. The summed E-state index contributed by atoms with van der Waals surface area (Å²) >= 11 is 3.07. The Morgan fingerprint density at radius 1 is 1.20 bits per heavy atom. The summed E-state index contributed by atoms with van der Waals surface area (Å²) in [7, 11) is 0. The number of nitrogens with zero attached hydrogens (tertiary/aromatic N) is 6. The number of amides is 1. The molecule has 0 radical (unpaired) electrons. The lowest BCUT2D eigenvalue weighted by Crippen LogP contribution is -2.51. The van der Waals surface area contributed by atoms with Gasteiger partial charge >= 0.3 is 0 Å². The van der Waals surface area contributed by atoms with Gasteiger partial charge in [-0.15, -0.1) is 11.3 Å². The summed E-state index contributed by atoms with van der Waals surface area (Å²) < 4.78 is 20.9. The van der Waals surface area contributed by atoms with E-state index in [9.17, 15) is 14.4 Å². The topological polar surface area (TPSA) is 98.8 Å². The van der Waals surface area contributed by atoms with Crippen LogP contribution in [-0.4, -0.2) is 70.6 Å². The van der Waals surface area contributed by atoms with Crippen molar-refractivity contribution in [2.24, 2.45) is 0 Å². The molecule has 214 valence electrons. The van der Waals surface area contributed by atoms with Crippen LogP contribution in [0.5, 0.6) is 0 Å². The number of anilines is 2. The molecule has 2 aliphatic heterocycles. The Hall–Kier alpha value is -3.37. The highest BCUT2D eigenvalue weighted by Gasteiger charge is 2.28. The van der Waals surface area contributed by atoms with Gasteiger partial charge in [0.1, 0.15) is 28.3 Å². The number of ether oxygens (including phenoxy) is 1. The van der Waals surface area contributed by atoms with Crippen molar-refractivity contribution >= 4 is 44.5 Å². The van der Waals surface area contributed by atoms with E-state index in [1.165, 1.54) is 28.3 Å². The molecule has 12 heteroatoms. The van der Waals surface area contributed by atoms with Crippen LogP contribution in [0.2, 0.25) is 0 Å². The smallest absolute Gasteiger partial charge is 0.234 e. The molecule has 0 unspecified atom stereocenters. The number of thiazole rings is 2. The van der Waals surface area contributed by atoms with Crippen molar-refractivity contribution in [3.63, 3.8) is 0 Å². The quantitative estimate of drug-likeness (QED) is 0.293. The van der Waals surface area contributed by atoms with E-state index in [4.69, 9.17) is 14.7 Å². The van der Waals surface area contributed by atoms with Crippen LogP contribution < -0.4 is 10.2 Å². The van der Waals surface area contributed by atoms with Crippen LogP contribution in [0.4, 0.5) is 15.3 Å². The minimum atomic E-state index is -0.323. The fourth-order valence-corrected chi connectivity index (χ4v) is 7.57. The zero-order chi connectivity index (χ0) is 28.5. The van der Waals surface area contributed by atoms with Crippen molar-refractivity contribution < 1.29 is 13.9 Å². The van der Waals surface area contributed by atoms with Crippen LogP contribution >= 0.6 is 22.7 Å². The Kier molecular flexibility index (Phi) is 8.03. The first-order valence-corrected chi connectivity index (χ1v) is 15.6. The van der Waals surface area contributed by atoms with Gasteiger partial charge in [-0.05, 0) is 69.5 Å². The minimum Gasteiger partial charge on any atom is -0.377 e. The number of halogens is 1. The summed E-state index contributed by atoms with van der Waals surface area (Å²) in [4.78, 5) is 29.3. The lowest BCUT2D eigenvalue weighted by atomic mass is 9.96. The zero-order valence-electron chi connectivity index (χ0n) is 23.1. The van der Waals surface area contributed by atoms with Crippen LogP contribution in [0, 0.1) is 17.1 Å². The summed E-state index contributed by atoms with van der Waals surface area (Å²) in [6, 6.07) is 8.54. The molecular formula is C29H32FN7O2S2. The number of aromatic nitrogens is 3. The molecule has 0 spiro atoms. The number of imidazole rings is 1. The Morgan fingerprint density at radius 3 is 2.59 bits per heavy atom. The maximum atomic E-state index is 13.5. The third-order valence-corrected chi connectivity index (χ3v) is 9.85. The third-order valence-electron chi connectivity index (χ3n) is 7.72. The molecule has 0 saturated carbocycles. The van der Waals surface area contributed by atoms with Gasteiger partial charge in [-0.1, -0.05) is 18.3 Å². The monoisotopic (exact) mass is 593 g/mol. The molecule has 0 aliphatic carbocycles. The lowest BCUT2D eigenvalue weighted by Gasteiger charge is -2.32. The van der Waals surface area contributed by atoms with Gasteiger partial charge in [-0.3, -0.25) is 14.1 Å². The van der Waals surface area contributed by atoms with E-state index in [-0.39, 0.29) is 17.8 Å². The number of piperidine rings is 1. The van der Waals surface area contributed by atoms with Crippen molar-refractivity contribution in [3.05, 3.63) is 51.7 Å². The van der Waals surface area contributed by atoms with E-state index in [1.54, 1.807) is 23.5 Å². The summed E-state index contributed by atoms with van der Waals surface area (Å²) in [5.41, 5.74) is 2.27. The number of nitriles is 1. The summed E-state index contributed by atoms with van der Waals surface area (Å²) in [5, 5.41) is 13.6. The number of hydrogen-bond donors (Lipinski definition) is 1. The molecule has 1 N–H and O–H groups in total. The van der Waals surface area contributed by atoms with E-state index in [0.717, 1.165) is 48.8 Å². The molecule has 0 atom stereocenters. The first-order chi connectivity index (χ1) is 20.0. The number of benzene rings is 1. The molecule has 3 aromatic heterocycles. The van der Waals surface area contributed by atoms with Crippen LogP contribution in [0.25, 0.3) is 16.2 Å². The van der Waals surface area contributed by atoms with Crippen molar-refractivity contribution in [2.45, 2.75) is 45.1 Å². The number of carbonyl (C=O) groups is 1. The highest BCUT2D eigenvalue weighted by molar-refractivity contribution is 7.17. The lowest BCUT2D eigenvalue weighted by molar-refractivity contribution is -0.126. The van der Waals surface area contributed by atoms with Gasteiger partial charge in [-0.2, -0.15) is 5.26 Å². The van der Waals surface area contributed by atoms with Gasteiger partial charge in [0.05, 0.1) is 31.5 Å². The molecule has 6 rings (SSSR count). The molecule has 2 saturated heterocycles. The molecule has 1 aromatic carbocycles. The van der Waals surface area contributed by atoms with Crippen molar-refractivity contribution in [1.82, 2.24) is 24.6 Å². The minimum absolute atomic E-state index is 0.0760. The summed E-state index contributed by atoms with van der Waals surface area (Å²) in [6.07, 6.45) is 4.98. The Bertz CT molecular complexity index is 1580. The number of aryl methyl sites for hydroxylation is 1. The molecule has 5 heterocycles. The molecular weight excluding hydrogens is 561 g/mol. The number of fused-ring (bicyclic) bond motifs is 1. The first-order valence-electron chi connectivity index (χ1n) is 14.0. The molecule has 0 bridgehead atoms. The average molecular weight is 594 g/mol. The first kappa shape index (κ1) is 27.8. The molecule has 2 fully saturated rings. The van der Waals surface area contributed by atoms with Crippen LogP contribution in [0.15, 0.2) is 30.5 Å². The van der Waals surface area contributed by atoms with Gasteiger partial charge in [-0.25, -0.2) is 14.4 Å². The van der Waals surface area contributed by atoms with E-state index >= 15 is 0 Å². The maximum Gasteiger partial charge on any atom is 0.234 e. The van der Waals surface area contributed by atoms with E-state index < -0.39 is 0 Å². The van der Waals surface area contributed by atoms with Gasteiger partial charge in [0, 0.05) is 23.2 Å². The summed E-state index contributed by atoms with van der Waals surface area (Å²) in [5.74, 6) is 1.15. The van der Waals surface area contributed by atoms with Gasteiger partial charge in [0.15, 0.2) is 10.1 Å². The molecule has 4 aromatic rings. The second-order valence-electron chi connectivity index (χ2n) is 10.4. The molecule has 41 heavy (non-hydrogen) atoms. The van der Waals surface area contributed by atoms with Crippen molar-refractivity contribution in [1.29, 1.82) is 5.26 Å². The SMILES string of the molecule is CCc1nc2sc(C3CCN(CC(=O)NC4COC4)CC3)cn2c1N(CC)c1nc(-c2ccc(F)cc2)c(C#N)s1. The van der Waals surface area contributed by atoms with E-state index in [2.05, 4.69) is 45.6 Å². The van der Waals surface area contributed by atoms with E-state index in [0.29, 0.717) is 53.5 Å². The summed E-state index contributed by atoms with van der Waals surface area (Å²) in [6.45, 7) is 8.25. The van der Waals surface area contributed by atoms with E-state index in [1.807, 2.05) is 0 Å². The maximum absolute atomic E-state index is 13.5. The number of rotatable bonds is 9. The number of likely N-dealkylation sites (tertiary alicyclic amines) is 1. The number of hydrogen-bond acceptors (Lipinski definition) is 9. The third kappa shape index (κ3) is 5.59. The fraction of sp³-hybridized carbons (Fsp3) is 0.448. The van der Waals surface area contributed by atoms with Crippen LogP contribution in [0.1, 0.15) is 48.1 Å².